The molecule has 3 heteroatoms. The number of nitrogens with zero attached hydrogens (tertiary/aromatic N) is 1. The second-order valence-corrected chi connectivity index (χ2v) is 4.95. The molecule has 0 saturated heterocycles. The summed E-state index contributed by atoms with van der Waals surface area (Å²) in [5, 5.41) is 0. The summed E-state index contributed by atoms with van der Waals surface area (Å²) >= 11 is 0. The molecular formula is C15H19NO2. The lowest BCUT2D eigenvalue weighted by Gasteiger charge is -2.24. The normalized spacial score (nSPS) is 19.2. The van der Waals surface area contributed by atoms with E-state index in [1.165, 1.54) is 0 Å². The third kappa shape index (κ3) is 2.38. The van der Waals surface area contributed by atoms with Gasteiger partial charge in [-0.05, 0) is 30.9 Å². The van der Waals surface area contributed by atoms with E-state index in [1.54, 1.807) is 13.2 Å². The second kappa shape index (κ2) is 5.47. The van der Waals surface area contributed by atoms with Crippen LogP contribution in [0.4, 0.5) is 0 Å². The molecule has 96 valence electrons. The van der Waals surface area contributed by atoms with Gasteiger partial charge in [-0.1, -0.05) is 37.1 Å². The van der Waals surface area contributed by atoms with Gasteiger partial charge in [-0.3, -0.25) is 0 Å². The van der Waals surface area contributed by atoms with Crippen LogP contribution in [0, 0.1) is 0 Å². The van der Waals surface area contributed by atoms with Crippen molar-refractivity contribution in [3.63, 3.8) is 0 Å². The van der Waals surface area contributed by atoms with Crippen LogP contribution >= 0.6 is 0 Å². The number of carbonyl (C=O) groups excluding carboxylic acids is 1. The molecule has 1 aliphatic carbocycles. The molecule has 0 radical (unpaired) electrons. The van der Waals surface area contributed by atoms with Crippen molar-refractivity contribution in [2.45, 2.75) is 44.2 Å². The van der Waals surface area contributed by atoms with E-state index >= 15 is 0 Å². The molecule has 0 amide bonds. The summed E-state index contributed by atoms with van der Waals surface area (Å²) in [6.45, 7) is 2.02. The van der Waals surface area contributed by atoms with Crippen molar-refractivity contribution in [1.29, 1.82) is 0 Å². The number of methoxy groups -OCH3 is 1. The van der Waals surface area contributed by atoms with E-state index in [0.29, 0.717) is 0 Å². The first-order valence-corrected chi connectivity index (χ1v) is 6.44. The van der Waals surface area contributed by atoms with Crippen LogP contribution in [0.2, 0.25) is 0 Å². The van der Waals surface area contributed by atoms with E-state index in [2.05, 4.69) is 17.1 Å². The Labute approximate surface area is 108 Å². The highest BCUT2D eigenvalue weighted by Crippen LogP contribution is 2.42. The van der Waals surface area contributed by atoms with Gasteiger partial charge < -0.3 is 4.74 Å². The zero-order valence-corrected chi connectivity index (χ0v) is 11.0. The summed E-state index contributed by atoms with van der Waals surface area (Å²) in [6.07, 6.45) is 5.93. The predicted octanol–water partition coefficient (Wildman–Crippen LogP) is 3.50. The second-order valence-electron chi connectivity index (χ2n) is 4.95. The van der Waals surface area contributed by atoms with Crippen LogP contribution in [0.25, 0.3) is 0 Å². The average Bonchev–Trinajstić information content (AvgIpc) is 2.88. The average molecular weight is 245 g/mol. The van der Waals surface area contributed by atoms with Gasteiger partial charge in [0, 0.05) is 7.11 Å². The fourth-order valence-corrected chi connectivity index (χ4v) is 2.73. The van der Waals surface area contributed by atoms with Gasteiger partial charge >= 0.3 is 0 Å². The van der Waals surface area contributed by atoms with Crippen LogP contribution < -0.4 is 0 Å². The Kier molecular flexibility index (Phi) is 3.95. The number of ether oxygens (including phenoxy) is 1. The van der Waals surface area contributed by atoms with Crippen LogP contribution in [-0.4, -0.2) is 13.2 Å². The molecule has 0 aliphatic heterocycles. The molecule has 0 N–H and O–H groups in total. The lowest BCUT2D eigenvalue weighted by atomic mass is 9.87. The standard InChI is InChI=1S/C15H19NO2/c1-12(18-2)13-6-5-7-14(10-13)15(16-11-17)8-3-4-9-15/h5-7,10,12H,3-4,8-9H2,1-2H3. The number of benzene rings is 1. The maximum absolute atomic E-state index is 10.7. The van der Waals surface area contributed by atoms with Crippen LogP contribution in [0.5, 0.6) is 0 Å². The van der Waals surface area contributed by atoms with Gasteiger partial charge in [0.25, 0.3) is 0 Å². The van der Waals surface area contributed by atoms with Crippen LogP contribution in [0.1, 0.15) is 49.8 Å². The van der Waals surface area contributed by atoms with Crippen molar-refractivity contribution < 1.29 is 9.53 Å². The molecule has 0 heterocycles. The summed E-state index contributed by atoms with van der Waals surface area (Å²) < 4.78 is 5.34. The number of rotatable bonds is 4. The van der Waals surface area contributed by atoms with E-state index in [-0.39, 0.29) is 11.6 Å². The maximum atomic E-state index is 10.7. The minimum absolute atomic E-state index is 0.0589. The molecule has 1 saturated carbocycles. The van der Waals surface area contributed by atoms with Gasteiger partial charge in [-0.25, -0.2) is 4.79 Å². The Morgan fingerprint density at radius 1 is 1.39 bits per heavy atom. The Morgan fingerprint density at radius 2 is 2.11 bits per heavy atom. The van der Waals surface area contributed by atoms with E-state index in [4.69, 9.17) is 4.74 Å². The monoisotopic (exact) mass is 245 g/mol. The molecule has 3 nitrogen and oxygen atoms in total. The quantitative estimate of drug-likeness (QED) is 0.601. The molecule has 0 aromatic heterocycles. The molecule has 1 unspecified atom stereocenters. The molecule has 1 atom stereocenters. The molecule has 0 spiro atoms. The molecule has 18 heavy (non-hydrogen) atoms. The van der Waals surface area contributed by atoms with Gasteiger partial charge in [0.15, 0.2) is 0 Å². The van der Waals surface area contributed by atoms with Gasteiger partial charge in [0.1, 0.15) is 0 Å². The topological polar surface area (TPSA) is 38.7 Å². The smallest absolute Gasteiger partial charge is 0.235 e. The highest BCUT2D eigenvalue weighted by Gasteiger charge is 2.35. The molecule has 1 aromatic carbocycles. The van der Waals surface area contributed by atoms with Crippen molar-refractivity contribution in [2.24, 2.45) is 4.99 Å². The molecule has 2 rings (SSSR count). The van der Waals surface area contributed by atoms with E-state index in [9.17, 15) is 4.79 Å². The predicted molar refractivity (Wildman–Crippen MR) is 70.1 cm³/mol. The molecule has 1 aliphatic rings. The molecule has 0 bridgehead atoms. The molecular weight excluding hydrogens is 226 g/mol. The fourth-order valence-electron chi connectivity index (χ4n) is 2.73. The third-order valence-corrected chi connectivity index (χ3v) is 3.94. The number of isocyanates is 1. The first-order valence-electron chi connectivity index (χ1n) is 6.44. The fraction of sp³-hybridized carbons (Fsp3) is 0.533. The summed E-state index contributed by atoms with van der Waals surface area (Å²) in [4.78, 5) is 14.8. The van der Waals surface area contributed by atoms with Crippen molar-refractivity contribution in [2.75, 3.05) is 7.11 Å². The van der Waals surface area contributed by atoms with E-state index < -0.39 is 0 Å². The number of hydrogen-bond acceptors (Lipinski definition) is 3. The lowest BCUT2D eigenvalue weighted by Crippen LogP contribution is -2.19. The van der Waals surface area contributed by atoms with Crippen LogP contribution in [-0.2, 0) is 15.1 Å². The van der Waals surface area contributed by atoms with E-state index in [0.717, 1.165) is 36.8 Å². The first-order chi connectivity index (χ1) is 8.72. The van der Waals surface area contributed by atoms with Gasteiger partial charge in [-0.15, -0.1) is 0 Å². The zero-order valence-electron chi connectivity index (χ0n) is 11.0. The number of hydrogen-bond donors (Lipinski definition) is 0. The van der Waals surface area contributed by atoms with Gasteiger partial charge in [0.05, 0.1) is 11.6 Å². The van der Waals surface area contributed by atoms with Gasteiger partial charge in [0.2, 0.25) is 6.08 Å². The minimum atomic E-state index is -0.342. The van der Waals surface area contributed by atoms with Crippen molar-refractivity contribution in [3.05, 3.63) is 35.4 Å². The molecule has 1 aromatic rings. The van der Waals surface area contributed by atoms with Crippen molar-refractivity contribution in [1.82, 2.24) is 0 Å². The Bertz CT molecular complexity index is 457. The van der Waals surface area contributed by atoms with Crippen LogP contribution in [0.15, 0.2) is 29.3 Å². The van der Waals surface area contributed by atoms with Crippen molar-refractivity contribution >= 4 is 6.08 Å². The lowest BCUT2D eigenvalue weighted by molar-refractivity contribution is 0.119. The largest absolute Gasteiger partial charge is 0.377 e. The van der Waals surface area contributed by atoms with E-state index in [1.807, 2.05) is 19.1 Å². The molecule has 1 fully saturated rings. The number of aliphatic imine (C=N–C) groups is 1. The highest BCUT2D eigenvalue weighted by atomic mass is 16.5. The summed E-state index contributed by atoms with van der Waals surface area (Å²) in [5.41, 5.74) is 1.90. The summed E-state index contributed by atoms with van der Waals surface area (Å²) in [6, 6.07) is 8.23. The highest BCUT2D eigenvalue weighted by molar-refractivity contribution is 5.40. The Balaban J connectivity index is 2.39. The van der Waals surface area contributed by atoms with Crippen LogP contribution in [0.3, 0.4) is 0 Å². The third-order valence-electron chi connectivity index (χ3n) is 3.94. The first kappa shape index (κ1) is 13.0. The maximum Gasteiger partial charge on any atom is 0.235 e. The zero-order chi connectivity index (χ0) is 13.0. The summed E-state index contributed by atoms with van der Waals surface area (Å²) in [7, 11) is 1.70. The Morgan fingerprint density at radius 3 is 2.72 bits per heavy atom. The summed E-state index contributed by atoms with van der Waals surface area (Å²) in [5.74, 6) is 0. The minimum Gasteiger partial charge on any atom is -0.377 e. The van der Waals surface area contributed by atoms with Gasteiger partial charge in [-0.2, -0.15) is 4.99 Å². The SMILES string of the molecule is COC(C)c1cccc(C2(N=C=O)CCCC2)c1. The Hall–Kier alpha value is -1.44. The van der Waals surface area contributed by atoms with Crippen molar-refractivity contribution in [3.8, 4) is 0 Å².